The number of hydrogen-bond acceptors (Lipinski definition) is 5. The smallest absolute Gasteiger partial charge is 0.388 e. The fourth-order valence-electron chi connectivity index (χ4n) is 7.66. The lowest BCUT2D eigenvalue weighted by Crippen LogP contribution is -2.34. The fraction of sp³-hybridized carbons (Fsp3) is 0.667. The van der Waals surface area contributed by atoms with Gasteiger partial charge in [0.05, 0.1) is 34.6 Å². The van der Waals surface area contributed by atoms with Crippen molar-refractivity contribution >= 4 is 0 Å². The van der Waals surface area contributed by atoms with E-state index in [4.69, 9.17) is 14.5 Å². The molecule has 2 aliphatic carbocycles. The van der Waals surface area contributed by atoms with Gasteiger partial charge < -0.3 is 14.6 Å². The number of halogens is 3. The standard InChI is InChI=1S/C31H35F3N2O3.C5H12/c1-17-5-4-10-30(17)26-24-22(14-29(2,3)15-23(24)37)36-27(18-8-11-38-12-9-18)25(26)28(39-30)19-6-7-21(31(32,33)34)20(13-19)16-35;1-4-5(2)3/h6-7,13,17-18,23,28,37H,4-5,8-12,14-15H2,1-3H3;5H,4H2,1-3H3. The zero-order chi connectivity index (χ0) is 32.0. The summed E-state index contributed by atoms with van der Waals surface area (Å²) in [5.74, 6) is 1.18. The molecule has 1 saturated carbocycles. The van der Waals surface area contributed by atoms with Crippen molar-refractivity contribution in [2.75, 3.05) is 13.2 Å². The molecule has 1 aromatic heterocycles. The van der Waals surface area contributed by atoms with E-state index in [9.17, 15) is 23.5 Å². The molecule has 1 N–H and O–H groups in total. The maximum Gasteiger partial charge on any atom is 0.417 e. The van der Waals surface area contributed by atoms with Crippen LogP contribution in [0.3, 0.4) is 0 Å². The molecule has 4 aliphatic rings. The van der Waals surface area contributed by atoms with Gasteiger partial charge in [-0.15, -0.1) is 0 Å². The molecule has 1 saturated heterocycles. The van der Waals surface area contributed by atoms with Crippen molar-refractivity contribution in [1.29, 1.82) is 5.26 Å². The monoisotopic (exact) mass is 612 g/mol. The van der Waals surface area contributed by atoms with Crippen LogP contribution in [-0.2, 0) is 27.7 Å². The van der Waals surface area contributed by atoms with Crippen LogP contribution in [0.5, 0.6) is 0 Å². The summed E-state index contributed by atoms with van der Waals surface area (Å²) < 4.78 is 53.6. The first-order valence-electron chi connectivity index (χ1n) is 16.3. The third kappa shape index (κ3) is 6.04. The number of aromatic nitrogens is 1. The van der Waals surface area contributed by atoms with Crippen LogP contribution in [0.1, 0.15) is 149 Å². The molecule has 6 rings (SSSR count). The number of alkyl halides is 3. The van der Waals surface area contributed by atoms with Gasteiger partial charge in [0.15, 0.2) is 0 Å². The van der Waals surface area contributed by atoms with Gasteiger partial charge in [-0.2, -0.15) is 18.4 Å². The van der Waals surface area contributed by atoms with E-state index in [1.807, 2.05) is 0 Å². The van der Waals surface area contributed by atoms with Gasteiger partial charge in [-0.05, 0) is 85.5 Å². The number of ether oxygens (including phenoxy) is 2. The van der Waals surface area contributed by atoms with E-state index in [0.717, 1.165) is 78.6 Å². The Morgan fingerprint density at radius 3 is 2.39 bits per heavy atom. The number of aliphatic hydroxyl groups excluding tert-OH is 1. The van der Waals surface area contributed by atoms with Gasteiger partial charge in [0.1, 0.15) is 6.10 Å². The molecule has 2 fully saturated rings. The van der Waals surface area contributed by atoms with Crippen molar-refractivity contribution in [3.8, 4) is 6.07 Å². The molecule has 3 heterocycles. The van der Waals surface area contributed by atoms with Crippen LogP contribution in [0, 0.1) is 28.6 Å². The van der Waals surface area contributed by atoms with Crippen molar-refractivity contribution < 1.29 is 27.8 Å². The largest absolute Gasteiger partial charge is 0.417 e. The molecule has 2 aromatic rings. The number of hydrogen-bond donors (Lipinski definition) is 1. The van der Waals surface area contributed by atoms with Gasteiger partial charge in [-0.3, -0.25) is 4.98 Å². The second-order valence-corrected chi connectivity index (χ2v) is 14.5. The van der Waals surface area contributed by atoms with E-state index in [0.29, 0.717) is 25.2 Å². The number of aliphatic hydroxyl groups is 1. The number of pyridine rings is 1. The highest BCUT2D eigenvalue weighted by molar-refractivity contribution is 5.56. The normalized spacial score (nSPS) is 27.9. The Morgan fingerprint density at radius 2 is 1.82 bits per heavy atom. The number of rotatable bonds is 3. The molecule has 1 spiro atoms. The van der Waals surface area contributed by atoms with Crippen LogP contribution in [0.2, 0.25) is 0 Å². The highest BCUT2D eigenvalue weighted by Gasteiger charge is 2.56. The lowest BCUT2D eigenvalue weighted by atomic mass is 9.69. The minimum Gasteiger partial charge on any atom is -0.388 e. The molecule has 8 heteroatoms. The Hall–Kier alpha value is -2.47. The van der Waals surface area contributed by atoms with Crippen LogP contribution >= 0.6 is 0 Å². The second-order valence-electron chi connectivity index (χ2n) is 14.5. The first kappa shape index (κ1) is 32.9. The van der Waals surface area contributed by atoms with Crippen LogP contribution in [-0.4, -0.2) is 23.3 Å². The fourth-order valence-corrected chi connectivity index (χ4v) is 7.66. The van der Waals surface area contributed by atoms with E-state index in [1.54, 1.807) is 6.07 Å². The predicted molar refractivity (Wildman–Crippen MR) is 163 cm³/mol. The number of nitrogens with zero attached hydrogens (tertiary/aromatic N) is 2. The maximum atomic E-state index is 13.6. The molecular formula is C36H47F3N2O3. The topological polar surface area (TPSA) is 75.4 Å². The molecule has 240 valence electrons. The number of nitriles is 1. The molecule has 0 radical (unpaired) electrons. The summed E-state index contributed by atoms with van der Waals surface area (Å²) in [5.41, 5.74) is 3.05. The average Bonchev–Trinajstić information content (AvgIpc) is 3.51. The highest BCUT2D eigenvalue weighted by Crippen LogP contribution is 2.61. The van der Waals surface area contributed by atoms with E-state index in [-0.39, 0.29) is 17.3 Å². The molecule has 4 atom stereocenters. The van der Waals surface area contributed by atoms with Crippen molar-refractivity contribution in [3.05, 3.63) is 63.0 Å². The Kier molecular flexibility index (Phi) is 9.26. The van der Waals surface area contributed by atoms with Crippen molar-refractivity contribution in [2.24, 2.45) is 17.3 Å². The summed E-state index contributed by atoms with van der Waals surface area (Å²) >= 11 is 0. The van der Waals surface area contributed by atoms with Crippen LogP contribution in [0.15, 0.2) is 18.2 Å². The summed E-state index contributed by atoms with van der Waals surface area (Å²) in [7, 11) is 0. The average molecular weight is 613 g/mol. The highest BCUT2D eigenvalue weighted by atomic mass is 19.4. The SMILES string of the molecule is CC1CCCC12OC(c1ccc(C(F)(F)F)c(C#N)c1)c1c(C3CCOCC3)nc3c(c12)C(O)CC(C)(C)C3.CCC(C)C. The minimum atomic E-state index is -4.62. The predicted octanol–water partition coefficient (Wildman–Crippen LogP) is 9.06. The van der Waals surface area contributed by atoms with Crippen molar-refractivity contribution in [2.45, 2.75) is 123 Å². The molecule has 5 nitrogen and oxygen atoms in total. The van der Waals surface area contributed by atoms with E-state index in [2.05, 4.69) is 41.5 Å². The first-order valence-corrected chi connectivity index (χ1v) is 16.3. The van der Waals surface area contributed by atoms with Gasteiger partial charge in [0.2, 0.25) is 0 Å². The Morgan fingerprint density at radius 1 is 1.14 bits per heavy atom. The Balaban J connectivity index is 0.000000712. The Labute approximate surface area is 260 Å². The van der Waals surface area contributed by atoms with Crippen molar-refractivity contribution in [3.63, 3.8) is 0 Å². The second kappa shape index (κ2) is 12.4. The maximum absolute atomic E-state index is 13.6. The van der Waals surface area contributed by atoms with Crippen molar-refractivity contribution in [1.82, 2.24) is 4.98 Å². The van der Waals surface area contributed by atoms with Gasteiger partial charge in [0, 0.05) is 36.0 Å². The van der Waals surface area contributed by atoms with E-state index < -0.39 is 35.1 Å². The van der Waals surface area contributed by atoms with Gasteiger partial charge in [-0.25, -0.2) is 0 Å². The number of fused-ring (bicyclic) bond motifs is 4. The molecule has 1 aromatic carbocycles. The quantitative estimate of drug-likeness (QED) is 0.374. The zero-order valence-electron chi connectivity index (χ0n) is 27.0. The summed E-state index contributed by atoms with van der Waals surface area (Å²) in [6.07, 6.45) is 1.01. The van der Waals surface area contributed by atoms with Crippen LogP contribution in [0.25, 0.3) is 0 Å². The van der Waals surface area contributed by atoms with Crippen LogP contribution in [0.4, 0.5) is 13.2 Å². The van der Waals surface area contributed by atoms with Gasteiger partial charge in [-0.1, -0.05) is 54.0 Å². The molecule has 4 unspecified atom stereocenters. The summed E-state index contributed by atoms with van der Waals surface area (Å²) in [5, 5.41) is 21.2. The third-order valence-corrected chi connectivity index (χ3v) is 10.3. The third-order valence-electron chi connectivity index (χ3n) is 10.3. The minimum absolute atomic E-state index is 0.108. The lowest BCUT2D eigenvalue weighted by molar-refractivity contribution is -0.137. The number of benzene rings is 1. The summed E-state index contributed by atoms with van der Waals surface area (Å²) in [6.45, 7) is 14.4. The lowest BCUT2D eigenvalue weighted by Gasteiger charge is -2.39. The van der Waals surface area contributed by atoms with Gasteiger partial charge in [0.25, 0.3) is 0 Å². The molecule has 0 amide bonds. The summed E-state index contributed by atoms with van der Waals surface area (Å²) in [4.78, 5) is 5.27. The summed E-state index contributed by atoms with van der Waals surface area (Å²) in [6, 6.07) is 5.54. The van der Waals surface area contributed by atoms with E-state index in [1.165, 1.54) is 18.6 Å². The molecule has 0 bridgehead atoms. The first-order chi connectivity index (χ1) is 20.7. The Bertz CT molecular complexity index is 1410. The molecule has 44 heavy (non-hydrogen) atoms. The molecular weight excluding hydrogens is 565 g/mol. The van der Waals surface area contributed by atoms with Crippen LogP contribution < -0.4 is 0 Å². The zero-order valence-corrected chi connectivity index (χ0v) is 27.0. The molecule has 2 aliphatic heterocycles. The van der Waals surface area contributed by atoms with Gasteiger partial charge >= 0.3 is 6.18 Å². The van der Waals surface area contributed by atoms with E-state index >= 15 is 0 Å².